The first kappa shape index (κ1) is 17.4. The lowest BCUT2D eigenvalue weighted by atomic mass is 10.1. The SMILES string of the molecule is CC(C)N1CCC(=NNC(=O)COc2cccc3ccccc23)CC1. The zero-order chi connectivity index (χ0) is 17.6. The Labute approximate surface area is 148 Å². The van der Waals surface area contributed by atoms with E-state index >= 15 is 0 Å². The van der Waals surface area contributed by atoms with Gasteiger partial charge in [-0.15, -0.1) is 0 Å². The molecule has 1 N–H and O–H groups in total. The number of hydrogen-bond donors (Lipinski definition) is 1. The maximum Gasteiger partial charge on any atom is 0.277 e. The zero-order valence-electron chi connectivity index (χ0n) is 14.9. The van der Waals surface area contributed by atoms with Gasteiger partial charge in [-0.1, -0.05) is 36.4 Å². The molecule has 0 atom stereocenters. The Morgan fingerprint density at radius 3 is 2.64 bits per heavy atom. The number of hydrazone groups is 1. The van der Waals surface area contributed by atoms with Gasteiger partial charge < -0.3 is 9.64 Å². The minimum atomic E-state index is -0.230. The number of rotatable bonds is 5. The predicted octanol–water partition coefficient (Wildman–Crippen LogP) is 3.20. The second-order valence-corrected chi connectivity index (χ2v) is 6.61. The van der Waals surface area contributed by atoms with Crippen molar-refractivity contribution in [3.05, 3.63) is 42.5 Å². The molecule has 1 aliphatic heterocycles. The van der Waals surface area contributed by atoms with E-state index < -0.39 is 0 Å². The summed E-state index contributed by atoms with van der Waals surface area (Å²) in [7, 11) is 0. The fourth-order valence-corrected chi connectivity index (χ4v) is 3.05. The van der Waals surface area contributed by atoms with Gasteiger partial charge in [0.25, 0.3) is 5.91 Å². The molecule has 132 valence electrons. The van der Waals surface area contributed by atoms with Crippen LogP contribution in [0.25, 0.3) is 10.8 Å². The van der Waals surface area contributed by atoms with Crippen molar-refractivity contribution in [2.45, 2.75) is 32.7 Å². The van der Waals surface area contributed by atoms with Crippen LogP contribution in [0.3, 0.4) is 0 Å². The smallest absolute Gasteiger partial charge is 0.277 e. The number of fused-ring (bicyclic) bond motifs is 1. The monoisotopic (exact) mass is 339 g/mol. The molecule has 25 heavy (non-hydrogen) atoms. The summed E-state index contributed by atoms with van der Waals surface area (Å²) in [5.74, 6) is 0.484. The van der Waals surface area contributed by atoms with Crippen molar-refractivity contribution in [2.24, 2.45) is 5.10 Å². The first-order chi connectivity index (χ1) is 12.1. The first-order valence-electron chi connectivity index (χ1n) is 8.82. The molecule has 0 aliphatic carbocycles. The van der Waals surface area contributed by atoms with E-state index in [1.54, 1.807) is 0 Å². The Bertz CT molecular complexity index is 755. The molecule has 0 unspecified atom stereocenters. The van der Waals surface area contributed by atoms with Crippen molar-refractivity contribution in [1.82, 2.24) is 10.3 Å². The normalized spacial score (nSPS) is 15.4. The fourth-order valence-electron chi connectivity index (χ4n) is 3.05. The van der Waals surface area contributed by atoms with Crippen LogP contribution >= 0.6 is 0 Å². The summed E-state index contributed by atoms with van der Waals surface area (Å²) >= 11 is 0. The highest BCUT2D eigenvalue weighted by atomic mass is 16.5. The van der Waals surface area contributed by atoms with Gasteiger partial charge in [-0.25, -0.2) is 5.43 Å². The Morgan fingerprint density at radius 2 is 1.88 bits per heavy atom. The molecule has 0 aromatic heterocycles. The van der Waals surface area contributed by atoms with Gasteiger partial charge in [0, 0.05) is 43.1 Å². The lowest BCUT2D eigenvalue weighted by molar-refractivity contribution is -0.123. The van der Waals surface area contributed by atoms with Crippen LogP contribution in [0.5, 0.6) is 5.75 Å². The molecule has 1 amide bonds. The van der Waals surface area contributed by atoms with Gasteiger partial charge in [0.05, 0.1) is 0 Å². The maximum atomic E-state index is 12.0. The van der Waals surface area contributed by atoms with Crippen LogP contribution in [0.15, 0.2) is 47.6 Å². The largest absolute Gasteiger partial charge is 0.483 e. The quantitative estimate of drug-likeness (QED) is 0.851. The number of benzene rings is 2. The second kappa shape index (κ2) is 8.12. The third-order valence-electron chi connectivity index (χ3n) is 4.55. The topological polar surface area (TPSA) is 53.9 Å². The van der Waals surface area contributed by atoms with Crippen molar-refractivity contribution in [2.75, 3.05) is 19.7 Å². The average Bonchev–Trinajstić information content (AvgIpc) is 2.65. The lowest BCUT2D eigenvalue weighted by Gasteiger charge is -2.30. The molecule has 0 bridgehead atoms. The molecule has 5 heteroatoms. The molecule has 1 saturated heterocycles. The van der Waals surface area contributed by atoms with Gasteiger partial charge in [-0.2, -0.15) is 5.10 Å². The van der Waals surface area contributed by atoms with E-state index in [1.807, 2.05) is 42.5 Å². The number of ether oxygens (including phenoxy) is 1. The number of carbonyl (C=O) groups excluding carboxylic acids is 1. The standard InChI is InChI=1S/C20H25N3O2/c1-15(2)23-12-10-17(11-13-23)21-22-20(24)14-25-19-9-5-7-16-6-3-4-8-18(16)19/h3-9,15H,10-14H2,1-2H3,(H,22,24). The molecule has 0 spiro atoms. The Hall–Kier alpha value is -2.40. The van der Waals surface area contributed by atoms with Crippen molar-refractivity contribution in [3.8, 4) is 5.75 Å². The van der Waals surface area contributed by atoms with Crippen LogP contribution in [-0.2, 0) is 4.79 Å². The van der Waals surface area contributed by atoms with E-state index in [9.17, 15) is 4.79 Å². The summed E-state index contributed by atoms with van der Waals surface area (Å²) < 4.78 is 5.68. The van der Waals surface area contributed by atoms with Crippen molar-refractivity contribution in [1.29, 1.82) is 0 Å². The molecule has 2 aromatic carbocycles. The minimum Gasteiger partial charge on any atom is -0.483 e. The van der Waals surface area contributed by atoms with Crippen LogP contribution in [-0.4, -0.2) is 42.3 Å². The highest BCUT2D eigenvalue weighted by Gasteiger charge is 2.17. The Morgan fingerprint density at radius 1 is 1.16 bits per heavy atom. The van der Waals surface area contributed by atoms with Gasteiger partial charge >= 0.3 is 0 Å². The van der Waals surface area contributed by atoms with E-state index in [1.165, 1.54) is 0 Å². The third-order valence-corrected chi connectivity index (χ3v) is 4.55. The average molecular weight is 339 g/mol. The number of piperidine rings is 1. The van der Waals surface area contributed by atoms with Gasteiger partial charge in [-0.3, -0.25) is 4.79 Å². The Balaban J connectivity index is 1.51. The number of amides is 1. The molecule has 5 nitrogen and oxygen atoms in total. The highest BCUT2D eigenvalue weighted by Crippen LogP contribution is 2.24. The van der Waals surface area contributed by atoms with Crippen LogP contribution < -0.4 is 10.2 Å². The highest BCUT2D eigenvalue weighted by molar-refractivity contribution is 5.89. The van der Waals surface area contributed by atoms with Gasteiger partial charge in [-0.05, 0) is 25.3 Å². The van der Waals surface area contributed by atoms with Crippen LogP contribution in [0.4, 0.5) is 0 Å². The summed E-state index contributed by atoms with van der Waals surface area (Å²) in [6.07, 6.45) is 1.81. The molecule has 0 saturated carbocycles. The summed E-state index contributed by atoms with van der Waals surface area (Å²) in [6.45, 7) is 6.36. The van der Waals surface area contributed by atoms with Crippen molar-refractivity contribution < 1.29 is 9.53 Å². The minimum absolute atomic E-state index is 0.0388. The summed E-state index contributed by atoms with van der Waals surface area (Å²) in [6, 6.07) is 14.4. The second-order valence-electron chi connectivity index (χ2n) is 6.61. The summed E-state index contributed by atoms with van der Waals surface area (Å²) in [5, 5.41) is 6.36. The summed E-state index contributed by atoms with van der Waals surface area (Å²) in [5.41, 5.74) is 3.67. The molecule has 1 heterocycles. The molecule has 3 rings (SSSR count). The third kappa shape index (κ3) is 4.57. The van der Waals surface area contributed by atoms with Gasteiger partial charge in [0.1, 0.15) is 5.75 Å². The molecular weight excluding hydrogens is 314 g/mol. The molecule has 0 radical (unpaired) electrons. The molecule has 1 fully saturated rings. The number of nitrogens with zero attached hydrogens (tertiary/aromatic N) is 2. The number of carbonyl (C=O) groups is 1. The van der Waals surface area contributed by atoms with E-state index in [-0.39, 0.29) is 12.5 Å². The van der Waals surface area contributed by atoms with Gasteiger partial charge in [0.2, 0.25) is 0 Å². The molecule has 1 aliphatic rings. The number of likely N-dealkylation sites (tertiary alicyclic amines) is 1. The van der Waals surface area contributed by atoms with Crippen LogP contribution in [0.1, 0.15) is 26.7 Å². The number of nitrogens with one attached hydrogen (secondary N) is 1. The molecular formula is C20H25N3O2. The predicted molar refractivity (Wildman–Crippen MR) is 101 cm³/mol. The maximum absolute atomic E-state index is 12.0. The van der Waals surface area contributed by atoms with Crippen LogP contribution in [0, 0.1) is 0 Å². The van der Waals surface area contributed by atoms with Crippen molar-refractivity contribution >= 4 is 22.4 Å². The summed E-state index contributed by atoms with van der Waals surface area (Å²) in [4.78, 5) is 14.4. The van der Waals surface area contributed by atoms with E-state index in [0.717, 1.165) is 42.4 Å². The molecule has 2 aromatic rings. The fraction of sp³-hybridized carbons (Fsp3) is 0.400. The lowest BCUT2D eigenvalue weighted by Crippen LogP contribution is -2.39. The van der Waals surface area contributed by atoms with E-state index in [4.69, 9.17) is 4.74 Å². The van der Waals surface area contributed by atoms with E-state index in [2.05, 4.69) is 29.3 Å². The van der Waals surface area contributed by atoms with Crippen LogP contribution in [0.2, 0.25) is 0 Å². The Kier molecular flexibility index (Phi) is 5.66. The first-order valence-corrected chi connectivity index (χ1v) is 8.82. The van der Waals surface area contributed by atoms with E-state index in [0.29, 0.717) is 11.8 Å². The van der Waals surface area contributed by atoms with Gasteiger partial charge in [0.15, 0.2) is 6.61 Å². The van der Waals surface area contributed by atoms with Crippen molar-refractivity contribution in [3.63, 3.8) is 0 Å². The number of hydrogen-bond acceptors (Lipinski definition) is 4. The zero-order valence-corrected chi connectivity index (χ0v) is 14.9.